The van der Waals surface area contributed by atoms with Gasteiger partial charge in [0.2, 0.25) is 5.60 Å². The van der Waals surface area contributed by atoms with Gasteiger partial charge in [0, 0.05) is 35.2 Å². The Bertz CT molecular complexity index is 1020. The first-order valence-corrected chi connectivity index (χ1v) is 8.97. The largest absolute Gasteiger partial charge is 0.497 e. The summed E-state index contributed by atoms with van der Waals surface area (Å²) in [5.74, 6) is -0.331. The van der Waals surface area contributed by atoms with E-state index in [4.69, 9.17) is 32.7 Å². The number of ether oxygens (including phenoxy) is 2. The van der Waals surface area contributed by atoms with Crippen molar-refractivity contribution in [3.8, 4) is 5.75 Å². The highest BCUT2D eigenvalue weighted by Crippen LogP contribution is 2.50. The van der Waals surface area contributed by atoms with Crippen molar-refractivity contribution in [2.75, 3.05) is 19.1 Å². The maximum absolute atomic E-state index is 13.1. The summed E-state index contributed by atoms with van der Waals surface area (Å²) in [6.45, 7) is 0. The van der Waals surface area contributed by atoms with Crippen molar-refractivity contribution in [1.82, 2.24) is 0 Å². The lowest BCUT2D eigenvalue weighted by Gasteiger charge is -2.32. The minimum absolute atomic E-state index is 0.170. The summed E-state index contributed by atoms with van der Waals surface area (Å²) in [6, 6.07) is 10.3. The molecule has 0 radical (unpaired) electrons. The summed E-state index contributed by atoms with van der Waals surface area (Å²) >= 11 is 12.3. The molecule has 5 nitrogen and oxygen atoms in total. The Labute approximate surface area is 166 Å². The quantitative estimate of drug-likeness (QED) is 0.704. The number of likely N-dealkylation sites (N-methyl/N-ethyl adjacent to an activating group) is 1. The van der Waals surface area contributed by atoms with Gasteiger partial charge in [0.25, 0.3) is 5.91 Å². The summed E-state index contributed by atoms with van der Waals surface area (Å²) in [5.41, 5.74) is 1.09. The number of anilines is 1. The molecule has 1 atom stereocenters. The van der Waals surface area contributed by atoms with Crippen LogP contribution in [-0.2, 0) is 19.9 Å². The SMILES string of the molecule is COc1ccc2c(c1)[C@@]1(CC(c3ccc(Cl)cc3Cl)=CC(=O)O1)C(=O)N2C. The van der Waals surface area contributed by atoms with Gasteiger partial charge in [-0.3, -0.25) is 4.79 Å². The van der Waals surface area contributed by atoms with Gasteiger partial charge < -0.3 is 14.4 Å². The Morgan fingerprint density at radius 3 is 2.63 bits per heavy atom. The van der Waals surface area contributed by atoms with Crippen LogP contribution in [0.25, 0.3) is 5.57 Å². The molecule has 0 unspecified atom stereocenters. The third-order valence-electron chi connectivity index (χ3n) is 4.93. The van der Waals surface area contributed by atoms with Crippen LogP contribution in [0.15, 0.2) is 42.5 Å². The summed E-state index contributed by atoms with van der Waals surface area (Å²) in [6.07, 6.45) is 1.54. The number of hydrogen-bond acceptors (Lipinski definition) is 4. The molecule has 1 spiro atoms. The van der Waals surface area contributed by atoms with Gasteiger partial charge in [0.15, 0.2) is 0 Å². The first kappa shape index (κ1) is 17.9. The molecule has 0 saturated carbocycles. The topological polar surface area (TPSA) is 55.8 Å². The van der Waals surface area contributed by atoms with E-state index in [1.54, 1.807) is 50.6 Å². The molecule has 138 valence electrons. The molecule has 2 aromatic rings. The van der Waals surface area contributed by atoms with Gasteiger partial charge in [-0.25, -0.2) is 4.79 Å². The number of methoxy groups -OCH3 is 1. The van der Waals surface area contributed by atoms with Gasteiger partial charge in [-0.15, -0.1) is 0 Å². The number of carbonyl (C=O) groups excluding carboxylic acids is 2. The van der Waals surface area contributed by atoms with Crippen LogP contribution in [0, 0.1) is 0 Å². The fraction of sp³-hybridized carbons (Fsp3) is 0.200. The van der Waals surface area contributed by atoms with Crippen LogP contribution in [0.3, 0.4) is 0 Å². The zero-order chi connectivity index (χ0) is 19.3. The van der Waals surface area contributed by atoms with E-state index in [-0.39, 0.29) is 12.3 Å². The number of fused-ring (bicyclic) bond motifs is 2. The maximum atomic E-state index is 13.1. The summed E-state index contributed by atoms with van der Waals surface area (Å²) < 4.78 is 10.9. The van der Waals surface area contributed by atoms with Crippen LogP contribution >= 0.6 is 23.2 Å². The average molecular weight is 404 g/mol. The number of halogens is 2. The molecule has 2 aliphatic heterocycles. The van der Waals surface area contributed by atoms with Gasteiger partial charge in [-0.2, -0.15) is 0 Å². The fourth-order valence-electron chi connectivity index (χ4n) is 3.64. The van der Waals surface area contributed by atoms with E-state index in [0.29, 0.717) is 38.2 Å². The Hall–Kier alpha value is -2.50. The number of rotatable bonds is 2. The zero-order valence-electron chi connectivity index (χ0n) is 14.6. The third-order valence-corrected chi connectivity index (χ3v) is 5.48. The van der Waals surface area contributed by atoms with Crippen molar-refractivity contribution in [3.05, 3.63) is 63.6 Å². The van der Waals surface area contributed by atoms with Crippen molar-refractivity contribution in [2.24, 2.45) is 0 Å². The van der Waals surface area contributed by atoms with Crippen molar-refractivity contribution in [3.63, 3.8) is 0 Å². The molecule has 1 amide bonds. The second kappa shape index (κ2) is 6.29. The van der Waals surface area contributed by atoms with E-state index in [2.05, 4.69) is 0 Å². The average Bonchev–Trinajstić information content (AvgIpc) is 2.83. The lowest BCUT2D eigenvalue weighted by atomic mass is 9.83. The molecule has 2 aromatic carbocycles. The summed E-state index contributed by atoms with van der Waals surface area (Å²) in [4.78, 5) is 27.1. The smallest absolute Gasteiger partial charge is 0.332 e. The molecule has 27 heavy (non-hydrogen) atoms. The molecule has 0 saturated heterocycles. The number of esters is 1. The number of amides is 1. The highest BCUT2D eigenvalue weighted by Gasteiger charge is 2.55. The molecule has 0 fully saturated rings. The predicted molar refractivity (Wildman–Crippen MR) is 103 cm³/mol. The Kier molecular flexibility index (Phi) is 4.17. The molecule has 0 bridgehead atoms. The number of nitrogens with zero attached hydrogens (tertiary/aromatic N) is 1. The van der Waals surface area contributed by atoms with Crippen LogP contribution in [0.1, 0.15) is 17.5 Å². The zero-order valence-corrected chi connectivity index (χ0v) is 16.1. The van der Waals surface area contributed by atoms with E-state index >= 15 is 0 Å². The Morgan fingerprint density at radius 1 is 1.15 bits per heavy atom. The molecular formula is C20H15Cl2NO4. The lowest BCUT2D eigenvalue weighted by molar-refractivity contribution is -0.163. The second-order valence-corrected chi connectivity index (χ2v) is 7.31. The van der Waals surface area contributed by atoms with E-state index in [0.717, 1.165) is 0 Å². The van der Waals surface area contributed by atoms with Gasteiger partial charge in [0.05, 0.1) is 12.8 Å². The molecule has 0 aliphatic carbocycles. The molecule has 2 heterocycles. The van der Waals surface area contributed by atoms with Crippen molar-refractivity contribution in [1.29, 1.82) is 0 Å². The van der Waals surface area contributed by atoms with Gasteiger partial charge in [-0.1, -0.05) is 29.3 Å². The minimum atomic E-state index is -1.44. The standard InChI is InChI=1S/C20H15Cl2NO4/c1-23-17-6-4-13(26-2)9-15(17)20(19(23)25)10-11(7-18(24)27-20)14-5-3-12(21)8-16(14)22/h3-9H,10H2,1-2H3/t20-/m0/s1. The van der Waals surface area contributed by atoms with Gasteiger partial charge in [-0.05, 0) is 41.5 Å². The van der Waals surface area contributed by atoms with E-state index in [9.17, 15) is 9.59 Å². The molecule has 0 N–H and O–H groups in total. The highest BCUT2D eigenvalue weighted by atomic mass is 35.5. The van der Waals surface area contributed by atoms with Crippen LogP contribution < -0.4 is 9.64 Å². The van der Waals surface area contributed by atoms with Crippen LogP contribution in [-0.4, -0.2) is 26.0 Å². The van der Waals surface area contributed by atoms with E-state index in [1.807, 2.05) is 0 Å². The first-order chi connectivity index (χ1) is 12.9. The Balaban J connectivity index is 1.86. The van der Waals surface area contributed by atoms with Crippen molar-refractivity contribution in [2.45, 2.75) is 12.0 Å². The van der Waals surface area contributed by atoms with E-state index in [1.165, 1.54) is 11.0 Å². The molecule has 2 aliphatic rings. The molecule has 0 aromatic heterocycles. The van der Waals surface area contributed by atoms with E-state index < -0.39 is 11.6 Å². The normalized spacial score (nSPS) is 21.2. The minimum Gasteiger partial charge on any atom is -0.497 e. The summed E-state index contributed by atoms with van der Waals surface area (Å²) in [5, 5.41) is 0.896. The number of benzene rings is 2. The fourth-order valence-corrected chi connectivity index (χ4v) is 4.17. The van der Waals surface area contributed by atoms with Crippen LogP contribution in [0.2, 0.25) is 10.0 Å². The molecule has 7 heteroatoms. The predicted octanol–water partition coefficient (Wildman–Crippen LogP) is 4.20. The maximum Gasteiger partial charge on any atom is 0.332 e. The van der Waals surface area contributed by atoms with Crippen LogP contribution in [0.5, 0.6) is 5.75 Å². The van der Waals surface area contributed by atoms with Gasteiger partial charge >= 0.3 is 5.97 Å². The Morgan fingerprint density at radius 2 is 1.93 bits per heavy atom. The second-order valence-electron chi connectivity index (χ2n) is 6.47. The first-order valence-electron chi connectivity index (χ1n) is 8.21. The number of carbonyl (C=O) groups is 2. The van der Waals surface area contributed by atoms with Crippen molar-refractivity contribution >= 4 is 46.3 Å². The highest BCUT2D eigenvalue weighted by molar-refractivity contribution is 6.35. The molecule has 4 rings (SSSR count). The van der Waals surface area contributed by atoms with Gasteiger partial charge in [0.1, 0.15) is 5.75 Å². The van der Waals surface area contributed by atoms with Crippen molar-refractivity contribution < 1.29 is 19.1 Å². The third kappa shape index (κ3) is 2.69. The lowest BCUT2D eigenvalue weighted by Crippen LogP contribution is -2.44. The number of hydrogen-bond donors (Lipinski definition) is 0. The summed E-state index contributed by atoms with van der Waals surface area (Å²) in [7, 11) is 3.20. The monoisotopic (exact) mass is 403 g/mol. The van der Waals surface area contributed by atoms with Crippen LogP contribution in [0.4, 0.5) is 5.69 Å². The molecular weight excluding hydrogens is 389 g/mol.